The maximum atomic E-state index is 12.5. The highest BCUT2D eigenvalue weighted by atomic mass is 32.2. The maximum Gasteiger partial charge on any atom is 0.251 e. The fraction of sp³-hybridized carbons (Fsp3) is 0.350. The normalized spacial score (nSPS) is 14.0. The van der Waals surface area contributed by atoms with Gasteiger partial charge in [-0.15, -0.1) is 0 Å². The molecule has 0 bridgehead atoms. The van der Waals surface area contributed by atoms with Crippen LogP contribution in [0, 0.1) is 0 Å². The Labute approximate surface area is 160 Å². The fourth-order valence-corrected chi connectivity index (χ4v) is 4.25. The van der Waals surface area contributed by atoms with Crippen LogP contribution in [0.5, 0.6) is 5.75 Å². The average molecular weight is 388 g/mol. The molecule has 0 aliphatic heterocycles. The molecule has 3 rings (SSSR count). The van der Waals surface area contributed by atoms with Crippen molar-refractivity contribution in [3.05, 3.63) is 59.7 Å². The van der Waals surface area contributed by atoms with Crippen molar-refractivity contribution in [2.75, 3.05) is 13.7 Å². The Hall–Kier alpha value is -2.38. The van der Waals surface area contributed by atoms with Crippen LogP contribution in [0.3, 0.4) is 0 Å². The number of ether oxygens (including phenoxy) is 1. The van der Waals surface area contributed by atoms with E-state index < -0.39 is 10.0 Å². The van der Waals surface area contributed by atoms with Gasteiger partial charge in [0.15, 0.2) is 0 Å². The first kappa shape index (κ1) is 19.4. The molecule has 0 unspecified atom stereocenters. The molecule has 0 heterocycles. The number of carbonyl (C=O) groups is 1. The van der Waals surface area contributed by atoms with Crippen molar-refractivity contribution < 1.29 is 17.9 Å². The summed E-state index contributed by atoms with van der Waals surface area (Å²) in [4.78, 5) is 12.4. The lowest BCUT2D eigenvalue weighted by atomic mass is 10.1. The van der Waals surface area contributed by atoms with E-state index in [1.807, 2.05) is 18.2 Å². The fourth-order valence-electron chi connectivity index (χ4n) is 2.75. The van der Waals surface area contributed by atoms with Gasteiger partial charge in [0, 0.05) is 18.2 Å². The van der Waals surface area contributed by atoms with Crippen LogP contribution in [0.25, 0.3) is 0 Å². The van der Waals surface area contributed by atoms with Crippen LogP contribution in [0.2, 0.25) is 0 Å². The van der Waals surface area contributed by atoms with E-state index in [0.717, 1.165) is 25.7 Å². The first-order valence-corrected chi connectivity index (χ1v) is 10.5. The van der Waals surface area contributed by atoms with E-state index in [4.69, 9.17) is 4.74 Å². The third-order valence-electron chi connectivity index (χ3n) is 4.39. The third-order valence-corrected chi connectivity index (χ3v) is 5.93. The van der Waals surface area contributed by atoms with Crippen molar-refractivity contribution >= 4 is 15.9 Å². The molecule has 0 atom stereocenters. The van der Waals surface area contributed by atoms with Crippen LogP contribution in [-0.4, -0.2) is 34.0 Å². The number of nitrogens with one attached hydrogen (secondary N) is 2. The van der Waals surface area contributed by atoms with Crippen molar-refractivity contribution in [2.45, 2.75) is 36.6 Å². The quantitative estimate of drug-likeness (QED) is 0.647. The Morgan fingerprint density at radius 2 is 1.89 bits per heavy atom. The van der Waals surface area contributed by atoms with Gasteiger partial charge in [0.2, 0.25) is 10.0 Å². The molecule has 0 spiro atoms. The highest BCUT2D eigenvalue weighted by Gasteiger charge is 2.30. The molecule has 2 N–H and O–H groups in total. The molecule has 0 saturated heterocycles. The van der Waals surface area contributed by atoms with Gasteiger partial charge in [0.05, 0.1) is 7.11 Å². The van der Waals surface area contributed by atoms with Crippen molar-refractivity contribution in [3.8, 4) is 5.75 Å². The Bertz CT molecular complexity index is 893. The van der Waals surface area contributed by atoms with Gasteiger partial charge in [-0.2, -0.15) is 0 Å². The molecule has 2 aromatic carbocycles. The van der Waals surface area contributed by atoms with E-state index in [9.17, 15) is 13.2 Å². The van der Waals surface area contributed by atoms with Crippen molar-refractivity contribution in [2.24, 2.45) is 0 Å². The molecule has 1 aliphatic rings. The summed E-state index contributed by atoms with van der Waals surface area (Å²) in [5, 5.41) is 2.84. The van der Waals surface area contributed by atoms with Crippen molar-refractivity contribution in [1.82, 2.24) is 10.0 Å². The second-order valence-electron chi connectivity index (χ2n) is 6.61. The van der Waals surface area contributed by atoms with Gasteiger partial charge in [-0.1, -0.05) is 30.3 Å². The molecule has 1 amide bonds. The zero-order chi connectivity index (χ0) is 19.3. The summed E-state index contributed by atoms with van der Waals surface area (Å²) in [7, 11) is -2.30. The molecule has 6 nitrogen and oxygen atoms in total. The number of hydrogen-bond acceptors (Lipinski definition) is 4. The average Bonchev–Trinajstić information content (AvgIpc) is 3.48. The number of rotatable bonds is 9. The number of sulfonamides is 1. The molecule has 1 fully saturated rings. The van der Waals surface area contributed by atoms with Crippen LogP contribution < -0.4 is 14.8 Å². The van der Waals surface area contributed by atoms with Crippen LogP contribution in [-0.2, 0) is 16.4 Å². The standard InChI is InChI=1S/C20H24N2O4S/c1-26-18-12-9-16(14-19(18)27(24,25)22-17-10-11-17)20(23)21-13-5-8-15-6-3-2-4-7-15/h2-4,6-7,9,12,14,17,22H,5,8,10-11,13H2,1H3,(H,21,23). The Balaban J connectivity index is 1.63. The van der Waals surface area contributed by atoms with E-state index in [1.165, 1.54) is 24.8 Å². The molecule has 1 saturated carbocycles. The minimum atomic E-state index is -3.71. The predicted molar refractivity (Wildman–Crippen MR) is 103 cm³/mol. The van der Waals surface area contributed by atoms with E-state index in [2.05, 4.69) is 22.2 Å². The largest absolute Gasteiger partial charge is 0.495 e. The van der Waals surface area contributed by atoms with Crippen LogP contribution in [0.1, 0.15) is 35.2 Å². The van der Waals surface area contributed by atoms with E-state index in [0.29, 0.717) is 12.1 Å². The highest BCUT2D eigenvalue weighted by molar-refractivity contribution is 7.89. The van der Waals surface area contributed by atoms with Gasteiger partial charge in [-0.3, -0.25) is 4.79 Å². The van der Waals surface area contributed by atoms with Gasteiger partial charge in [-0.25, -0.2) is 13.1 Å². The summed E-state index contributed by atoms with van der Waals surface area (Å²) in [6.07, 6.45) is 3.35. The smallest absolute Gasteiger partial charge is 0.251 e. The van der Waals surface area contributed by atoms with E-state index in [1.54, 1.807) is 6.07 Å². The Morgan fingerprint density at radius 1 is 1.15 bits per heavy atom. The zero-order valence-electron chi connectivity index (χ0n) is 15.3. The molecular formula is C20H24N2O4S. The van der Waals surface area contributed by atoms with Crippen LogP contribution >= 0.6 is 0 Å². The van der Waals surface area contributed by atoms with Gasteiger partial charge in [0.25, 0.3) is 5.91 Å². The third kappa shape index (κ3) is 5.30. The highest BCUT2D eigenvalue weighted by Crippen LogP contribution is 2.28. The SMILES string of the molecule is COc1ccc(C(=O)NCCCc2ccccc2)cc1S(=O)(=O)NC1CC1. The molecule has 27 heavy (non-hydrogen) atoms. The summed E-state index contributed by atoms with van der Waals surface area (Å²) in [6, 6.07) is 14.5. The minimum Gasteiger partial charge on any atom is -0.495 e. The summed E-state index contributed by atoms with van der Waals surface area (Å²) in [6.45, 7) is 0.516. The van der Waals surface area contributed by atoms with Crippen LogP contribution in [0.4, 0.5) is 0 Å². The molecule has 7 heteroatoms. The predicted octanol–water partition coefficient (Wildman–Crippen LogP) is 2.50. The van der Waals surface area contributed by atoms with Crippen molar-refractivity contribution in [1.29, 1.82) is 0 Å². The van der Waals surface area contributed by atoms with Gasteiger partial charge in [0.1, 0.15) is 10.6 Å². The molecule has 144 valence electrons. The summed E-state index contributed by atoms with van der Waals surface area (Å²) in [5.74, 6) is -0.0719. The minimum absolute atomic E-state index is 0.00571. The van der Waals surface area contributed by atoms with Gasteiger partial charge >= 0.3 is 0 Å². The van der Waals surface area contributed by atoms with Gasteiger partial charge < -0.3 is 10.1 Å². The number of benzene rings is 2. The molecule has 1 aliphatic carbocycles. The lowest BCUT2D eigenvalue weighted by Gasteiger charge is -2.12. The number of amides is 1. The second-order valence-corrected chi connectivity index (χ2v) is 8.29. The number of hydrogen-bond donors (Lipinski definition) is 2. The Morgan fingerprint density at radius 3 is 2.56 bits per heavy atom. The second kappa shape index (κ2) is 8.54. The first-order valence-electron chi connectivity index (χ1n) is 9.02. The zero-order valence-corrected chi connectivity index (χ0v) is 16.1. The lowest BCUT2D eigenvalue weighted by Crippen LogP contribution is -2.28. The molecule has 0 aromatic heterocycles. The Kier molecular flexibility index (Phi) is 6.13. The summed E-state index contributed by atoms with van der Waals surface area (Å²) < 4.78 is 32.8. The summed E-state index contributed by atoms with van der Waals surface area (Å²) in [5.41, 5.74) is 1.52. The molecule has 2 aromatic rings. The first-order chi connectivity index (χ1) is 13.0. The topological polar surface area (TPSA) is 84.5 Å². The van der Waals surface area contributed by atoms with Crippen molar-refractivity contribution in [3.63, 3.8) is 0 Å². The van der Waals surface area contributed by atoms with E-state index in [-0.39, 0.29) is 22.6 Å². The monoisotopic (exact) mass is 388 g/mol. The van der Waals surface area contributed by atoms with E-state index >= 15 is 0 Å². The summed E-state index contributed by atoms with van der Waals surface area (Å²) >= 11 is 0. The van der Waals surface area contributed by atoms with Gasteiger partial charge in [-0.05, 0) is 49.4 Å². The molecular weight excluding hydrogens is 364 g/mol. The maximum absolute atomic E-state index is 12.5. The number of carbonyl (C=O) groups excluding carboxylic acids is 1. The lowest BCUT2D eigenvalue weighted by molar-refractivity contribution is 0.0953. The number of methoxy groups -OCH3 is 1. The van der Waals surface area contributed by atoms with Crippen LogP contribution in [0.15, 0.2) is 53.4 Å². The molecule has 0 radical (unpaired) electrons. The number of aryl methyl sites for hydroxylation is 1.